The molecule has 2 saturated heterocycles. The van der Waals surface area contributed by atoms with E-state index in [0.717, 1.165) is 19.0 Å². The van der Waals surface area contributed by atoms with Gasteiger partial charge in [-0.05, 0) is 44.1 Å². The number of piperazine rings is 1. The van der Waals surface area contributed by atoms with Gasteiger partial charge < -0.3 is 10.0 Å². The van der Waals surface area contributed by atoms with Crippen LogP contribution in [0.15, 0.2) is 0 Å². The van der Waals surface area contributed by atoms with Crippen LogP contribution in [0.2, 0.25) is 0 Å². The van der Waals surface area contributed by atoms with Crippen molar-refractivity contribution in [2.45, 2.75) is 58.1 Å². The van der Waals surface area contributed by atoms with Crippen molar-refractivity contribution < 1.29 is 5.11 Å². The van der Waals surface area contributed by atoms with Gasteiger partial charge in [0, 0.05) is 38.1 Å². The first kappa shape index (κ1) is 14.8. The molecule has 5 unspecified atom stereocenters. The molecule has 0 aromatic carbocycles. The summed E-state index contributed by atoms with van der Waals surface area (Å²) in [6, 6.07) is 0.799. The Morgan fingerprint density at radius 3 is 2.70 bits per heavy atom. The quantitative estimate of drug-likeness (QED) is 0.840. The predicted molar refractivity (Wildman–Crippen MR) is 82.7 cm³/mol. The molecule has 0 aromatic heterocycles. The molecule has 2 heterocycles. The molecule has 1 saturated carbocycles. The average molecular weight is 280 g/mol. The molecule has 3 nitrogen and oxygen atoms in total. The van der Waals surface area contributed by atoms with Gasteiger partial charge in [0.15, 0.2) is 0 Å². The number of aliphatic hydroxyl groups is 1. The monoisotopic (exact) mass is 280 g/mol. The zero-order chi connectivity index (χ0) is 14.1. The average Bonchev–Trinajstić information content (AvgIpc) is 2.42. The fourth-order valence-corrected chi connectivity index (χ4v) is 4.86. The Balaban J connectivity index is 1.55. The minimum atomic E-state index is -0.0712. The van der Waals surface area contributed by atoms with Crippen molar-refractivity contribution in [1.82, 2.24) is 9.80 Å². The minimum absolute atomic E-state index is 0.0712. The van der Waals surface area contributed by atoms with Gasteiger partial charge in [0.2, 0.25) is 0 Å². The maximum absolute atomic E-state index is 10.4. The Labute approximate surface area is 124 Å². The maximum atomic E-state index is 10.4. The molecule has 0 aromatic rings. The zero-order valence-electron chi connectivity index (χ0n) is 13.3. The Kier molecular flexibility index (Phi) is 4.68. The van der Waals surface area contributed by atoms with Gasteiger partial charge in [-0.25, -0.2) is 0 Å². The summed E-state index contributed by atoms with van der Waals surface area (Å²) in [5.41, 5.74) is 0. The summed E-state index contributed by atoms with van der Waals surface area (Å²) >= 11 is 0. The molecule has 20 heavy (non-hydrogen) atoms. The summed E-state index contributed by atoms with van der Waals surface area (Å²) in [6.45, 7) is 10.8. The molecule has 0 spiro atoms. The van der Waals surface area contributed by atoms with Crippen molar-refractivity contribution in [2.75, 3.05) is 32.7 Å². The van der Waals surface area contributed by atoms with E-state index in [2.05, 4.69) is 23.6 Å². The lowest BCUT2D eigenvalue weighted by Crippen LogP contribution is -2.56. The molecule has 5 atom stereocenters. The lowest BCUT2D eigenvalue weighted by molar-refractivity contribution is -0.0222. The van der Waals surface area contributed by atoms with E-state index in [1.807, 2.05) is 0 Å². The highest BCUT2D eigenvalue weighted by Gasteiger charge is 2.36. The lowest BCUT2D eigenvalue weighted by Gasteiger charge is -2.46. The highest BCUT2D eigenvalue weighted by atomic mass is 16.3. The first-order valence-corrected chi connectivity index (χ1v) is 8.78. The number of hydrogen-bond donors (Lipinski definition) is 1. The molecule has 0 radical (unpaired) electrons. The molecule has 0 amide bonds. The number of fused-ring (bicyclic) bond motifs is 1. The Morgan fingerprint density at radius 1 is 1.05 bits per heavy atom. The Bertz CT molecular complexity index is 310. The van der Waals surface area contributed by atoms with E-state index >= 15 is 0 Å². The van der Waals surface area contributed by atoms with Crippen LogP contribution in [-0.4, -0.2) is 59.8 Å². The first-order valence-electron chi connectivity index (χ1n) is 8.78. The molecule has 3 rings (SSSR count). The molecular formula is C17H32N2O. The van der Waals surface area contributed by atoms with Crippen LogP contribution < -0.4 is 0 Å². The summed E-state index contributed by atoms with van der Waals surface area (Å²) in [5.74, 6) is 1.88. The van der Waals surface area contributed by atoms with Gasteiger partial charge in [-0.15, -0.1) is 0 Å². The van der Waals surface area contributed by atoms with Crippen LogP contribution in [0.3, 0.4) is 0 Å². The summed E-state index contributed by atoms with van der Waals surface area (Å²) < 4.78 is 0. The first-order chi connectivity index (χ1) is 9.63. The normalized spacial score (nSPS) is 44.2. The van der Waals surface area contributed by atoms with Gasteiger partial charge in [0.25, 0.3) is 0 Å². The standard InChI is InChI=1S/C17H32N2O/c1-13-9-14(2)16(17(20)10-13)12-18-7-8-19-6-4-3-5-15(19)11-18/h13-17,20H,3-12H2,1-2H3. The molecule has 3 fully saturated rings. The largest absolute Gasteiger partial charge is 0.393 e. The van der Waals surface area contributed by atoms with Crippen LogP contribution in [0.5, 0.6) is 0 Å². The zero-order valence-corrected chi connectivity index (χ0v) is 13.3. The van der Waals surface area contributed by atoms with Crippen molar-refractivity contribution >= 4 is 0 Å². The van der Waals surface area contributed by atoms with Gasteiger partial charge in [-0.3, -0.25) is 4.90 Å². The third-order valence-corrected chi connectivity index (χ3v) is 6.03. The summed E-state index contributed by atoms with van der Waals surface area (Å²) in [4.78, 5) is 5.34. The van der Waals surface area contributed by atoms with Crippen LogP contribution in [0.1, 0.15) is 46.0 Å². The number of piperidine rings is 1. The summed E-state index contributed by atoms with van der Waals surface area (Å²) in [6.07, 6.45) is 6.43. The number of rotatable bonds is 2. The summed E-state index contributed by atoms with van der Waals surface area (Å²) in [7, 11) is 0. The van der Waals surface area contributed by atoms with Gasteiger partial charge >= 0.3 is 0 Å². The Hall–Kier alpha value is -0.120. The van der Waals surface area contributed by atoms with Crippen LogP contribution in [0.4, 0.5) is 0 Å². The second-order valence-electron chi connectivity index (χ2n) is 7.73. The third kappa shape index (κ3) is 3.20. The van der Waals surface area contributed by atoms with Crippen molar-refractivity contribution in [1.29, 1.82) is 0 Å². The van der Waals surface area contributed by atoms with Gasteiger partial charge in [0.1, 0.15) is 0 Å². The van der Waals surface area contributed by atoms with Crippen molar-refractivity contribution in [3.8, 4) is 0 Å². The highest BCUT2D eigenvalue weighted by Crippen LogP contribution is 2.34. The molecule has 3 aliphatic rings. The topological polar surface area (TPSA) is 26.7 Å². The highest BCUT2D eigenvalue weighted by molar-refractivity contribution is 4.89. The van der Waals surface area contributed by atoms with E-state index in [-0.39, 0.29) is 6.10 Å². The van der Waals surface area contributed by atoms with E-state index in [0.29, 0.717) is 17.8 Å². The van der Waals surface area contributed by atoms with E-state index in [9.17, 15) is 5.11 Å². The predicted octanol–water partition coefficient (Wildman–Crippen LogP) is 2.20. The molecule has 116 valence electrons. The maximum Gasteiger partial charge on any atom is 0.0585 e. The number of aliphatic hydroxyl groups excluding tert-OH is 1. The van der Waals surface area contributed by atoms with E-state index in [1.165, 1.54) is 51.9 Å². The SMILES string of the molecule is CC1CC(C)C(CN2CCN3CCCCC3C2)C(O)C1. The second-order valence-corrected chi connectivity index (χ2v) is 7.73. The van der Waals surface area contributed by atoms with Gasteiger partial charge in [0.05, 0.1) is 6.10 Å². The second kappa shape index (κ2) is 6.33. The molecule has 1 N–H and O–H groups in total. The van der Waals surface area contributed by atoms with Crippen LogP contribution in [0.25, 0.3) is 0 Å². The molecule has 0 bridgehead atoms. The summed E-state index contributed by atoms with van der Waals surface area (Å²) in [5, 5.41) is 10.4. The van der Waals surface area contributed by atoms with Crippen molar-refractivity contribution in [3.63, 3.8) is 0 Å². The van der Waals surface area contributed by atoms with E-state index in [1.54, 1.807) is 0 Å². The van der Waals surface area contributed by atoms with Crippen molar-refractivity contribution in [3.05, 3.63) is 0 Å². The molecule has 1 aliphatic carbocycles. The molecule has 2 aliphatic heterocycles. The van der Waals surface area contributed by atoms with Crippen LogP contribution >= 0.6 is 0 Å². The van der Waals surface area contributed by atoms with Crippen molar-refractivity contribution in [2.24, 2.45) is 17.8 Å². The number of hydrogen-bond acceptors (Lipinski definition) is 3. The Morgan fingerprint density at radius 2 is 1.90 bits per heavy atom. The fourth-order valence-electron chi connectivity index (χ4n) is 4.86. The molecular weight excluding hydrogens is 248 g/mol. The van der Waals surface area contributed by atoms with Gasteiger partial charge in [-0.1, -0.05) is 20.3 Å². The lowest BCUT2D eigenvalue weighted by atomic mass is 9.73. The van der Waals surface area contributed by atoms with Crippen LogP contribution in [0, 0.1) is 17.8 Å². The van der Waals surface area contributed by atoms with Gasteiger partial charge in [-0.2, -0.15) is 0 Å². The van der Waals surface area contributed by atoms with Crippen LogP contribution in [-0.2, 0) is 0 Å². The smallest absolute Gasteiger partial charge is 0.0585 e. The van der Waals surface area contributed by atoms with E-state index in [4.69, 9.17) is 0 Å². The number of nitrogens with zero attached hydrogens (tertiary/aromatic N) is 2. The van der Waals surface area contributed by atoms with E-state index < -0.39 is 0 Å². The fraction of sp³-hybridized carbons (Fsp3) is 1.00. The molecule has 3 heteroatoms. The third-order valence-electron chi connectivity index (χ3n) is 6.03. The minimum Gasteiger partial charge on any atom is -0.393 e.